The zero-order valence-electron chi connectivity index (χ0n) is 14.1. The Morgan fingerprint density at radius 2 is 1.96 bits per heavy atom. The zero-order chi connectivity index (χ0) is 17.8. The van der Waals surface area contributed by atoms with E-state index in [4.69, 9.17) is 0 Å². The van der Waals surface area contributed by atoms with Crippen molar-refractivity contribution in [3.8, 4) is 0 Å². The molecule has 0 bridgehead atoms. The fourth-order valence-electron chi connectivity index (χ4n) is 3.41. The maximum absolute atomic E-state index is 12.6. The number of carbonyl (C=O) groups is 1. The van der Waals surface area contributed by atoms with Gasteiger partial charge in [0.2, 0.25) is 0 Å². The first-order valence-electron chi connectivity index (χ1n) is 8.39. The molecule has 0 spiro atoms. The largest absolute Gasteiger partial charge is 0.347 e. The van der Waals surface area contributed by atoms with Crippen molar-refractivity contribution in [1.29, 1.82) is 0 Å². The number of nitro groups is 1. The summed E-state index contributed by atoms with van der Waals surface area (Å²) in [5, 5.41) is 16.2. The third-order valence-electron chi connectivity index (χ3n) is 4.55. The number of thiophene rings is 1. The topological polar surface area (TPSA) is 75.5 Å². The fraction of sp³-hybridized carbons (Fsp3) is 0.389. The van der Waals surface area contributed by atoms with Crippen molar-refractivity contribution in [2.75, 3.05) is 13.1 Å². The summed E-state index contributed by atoms with van der Waals surface area (Å²) >= 11 is 1.68. The van der Waals surface area contributed by atoms with Crippen molar-refractivity contribution >= 4 is 22.9 Å². The molecular weight excluding hydrogens is 338 g/mol. The van der Waals surface area contributed by atoms with Crippen LogP contribution in [0.3, 0.4) is 0 Å². The minimum absolute atomic E-state index is 0.0919. The van der Waals surface area contributed by atoms with Crippen LogP contribution in [0.1, 0.15) is 41.0 Å². The van der Waals surface area contributed by atoms with Gasteiger partial charge in [0.05, 0.1) is 11.0 Å². The van der Waals surface area contributed by atoms with Crippen LogP contribution in [0.2, 0.25) is 0 Å². The molecule has 1 aliphatic heterocycles. The molecule has 2 aromatic rings. The minimum atomic E-state index is -0.517. The van der Waals surface area contributed by atoms with Gasteiger partial charge in [0.25, 0.3) is 11.6 Å². The molecule has 2 heterocycles. The average Bonchev–Trinajstić information content (AvgIpc) is 3.29. The van der Waals surface area contributed by atoms with E-state index in [1.807, 2.05) is 18.4 Å². The van der Waals surface area contributed by atoms with E-state index in [-0.39, 0.29) is 23.3 Å². The van der Waals surface area contributed by atoms with E-state index in [1.54, 1.807) is 23.5 Å². The van der Waals surface area contributed by atoms with Gasteiger partial charge in [-0.3, -0.25) is 19.8 Å². The molecule has 3 rings (SSSR count). The second kappa shape index (κ2) is 7.76. The standard InChI is InChI=1S/C18H21N3O3S/c1-13(17(16-9-6-12-25-16)20-10-4-5-11-20)19-18(22)14-7-2-3-8-15(14)21(23)24/h2-3,6-9,12-13,17H,4-5,10-11H2,1H3,(H,19,22)/t13-,17-/m1/s1. The van der Waals surface area contributed by atoms with E-state index in [9.17, 15) is 14.9 Å². The lowest BCUT2D eigenvalue weighted by molar-refractivity contribution is -0.385. The maximum Gasteiger partial charge on any atom is 0.282 e. The summed E-state index contributed by atoms with van der Waals surface area (Å²) in [5.41, 5.74) is -0.0632. The summed E-state index contributed by atoms with van der Waals surface area (Å²) in [5.74, 6) is -0.402. The smallest absolute Gasteiger partial charge is 0.282 e. The highest BCUT2D eigenvalue weighted by molar-refractivity contribution is 7.10. The van der Waals surface area contributed by atoms with Crippen LogP contribution in [-0.4, -0.2) is 34.9 Å². The molecular formula is C18H21N3O3S. The van der Waals surface area contributed by atoms with Gasteiger partial charge in [-0.1, -0.05) is 18.2 Å². The van der Waals surface area contributed by atoms with Crippen molar-refractivity contribution in [2.24, 2.45) is 0 Å². The molecule has 7 heteroatoms. The zero-order valence-corrected chi connectivity index (χ0v) is 14.9. The quantitative estimate of drug-likeness (QED) is 0.631. The highest BCUT2D eigenvalue weighted by Gasteiger charge is 2.31. The number of carbonyl (C=O) groups excluding carboxylic acids is 1. The van der Waals surface area contributed by atoms with E-state index < -0.39 is 10.8 Å². The van der Waals surface area contributed by atoms with Crippen molar-refractivity contribution in [2.45, 2.75) is 31.8 Å². The number of hydrogen-bond donors (Lipinski definition) is 1. The molecule has 1 saturated heterocycles. The molecule has 1 N–H and O–H groups in total. The SMILES string of the molecule is C[C@@H](NC(=O)c1ccccc1[N+](=O)[O-])[C@H](c1cccs1)N1CCCC1. The number of hydrogen-bond acceptors (Lipinski definition) is 5. The van der Waals surface area contributed by atoms with Gasteiger partial charge in [0.1, 0.15) is 5.56 Å². The average molecular weight is 359 g/mol. The van der Waals surface area contributed by atoms with Gasteiger partial charge in [-0.05, 0) is 50.4 Å². The molecule has 1 aromatic heterocycles. The van der Waals surface area contributed by atoms with E-state index in [2.05, 4.69) is 16.3 Å². The van der Waals surface area contributed by atoms with Crippen LogP contribution in [0.25, 0.3) is 0 Å². The molecule has 1 aliphatic rings. The van der Waals surface area contributed by atoms with Crippen LogP contribution < -0.4 is 5.32 Å². The molecule has 132 valence electrons. The van der Waals surface area contributed by atoms with Crippen LogP contribution in [0.4, 0.5) is 5.69 Å². The van der Waals surface area contributed by atoms with Crippen LogP contribution in [0.15, 0.2) is 41.8 Å². The van der Waals surface area contributed by atoms with Crippen molar-refractivity contribution in [3.05, 3.63) is 62.3 Å². The number of para-hydroxylation sites is 1. The first-order chi connectivity index (χ1) is 12.1. The van der Waals surface area contributed by atoms with Gasteiger partial charge in [0.15, 0.2) is 0 Å². The maximum atomic E-state index is 12.6. The van der Waals surface area contributed by atoms with E-state index in [1.165, 1.54) is 17.0 Å². The van der Waals surface area contributed by atoms with Gasteiger partial charge < -0.3 is 5.32 Å². The van der Waals surface area contributed by atoms with Gasteiger partial charge >= 0.3 is 0 Å². The molecule has 0 aliphatic carbocycles. The summed E-state index contributed by atoms with van der Waals surface area (Å²) in [6.07, 6.45) is 2.32. The van der Waals surface area contributed by atoms with E-state index in [0.717, 1.165) is 25.9 Å². The monoisotopic (exact) mass is 359 g/mol. The van der Waals surface area contributed by atoms with E-state index in [0.29, 0.717) is 0 Å². The van der Waals surface area contributed by atoms with Crippen LogP contribution in [0, 0.1) is 10.1 Å². The predicted octanol–water partition coefficient (Wildman–Crippen LogP) is 3.61. The second-order valence-electron chi connectivity index (χ2n) is 6.24. The summed E-state index contributed by atoms with van der Waals surface area (Å²) < 4.78 is 0. The number of nitro benzene ring substituents is 1. The van der Waals surface area contributed by atoms with Crippen LogP contribution in [-0.2, 0) is 0 Å². The Hall–Kier alpha value is -2.25. The first kappa shape index (κ1) is 17.6. The predicted molar refractivity (Wildman–Crippen MR) is 97.9 cm³/mol. The summed E-state index contributed by atoms with van der Waals surface area (Å²) in [7, 11) is 0. The molecule has 25 heavy (non-hydrogen) atoms. The lowest BCUT2D eigenvalue weighted by atomic mass is 10.1. The van der Waals surface area contributed by atoms with Crippen molar-refractivity contribution in [1.82, 2.24) is 10.2 Å². The molecule has 0 radical (unpaired) electrons. The second-order valence-corrected chi connectivity index (χ2v) is 7.22. The number of rotatable bonds is 6. The lowest BCUT2D eigenvalue weighted by Gasteiger charge is -2.32. The van der Waals surface area contributed by atoms with E-state index >= 15 is 0 Å². The minimum Gasteiger partial charge on any atom is -0.347 e. The highest BCUT2D eigenvalue weighted by Crippen LogP contribution is 2.31. The number of benzene rings is 1. The Labute approximate surface area is 150 Å². The number of amides is 1. The molecule has 0 saturated carbocycles. The molecule has 6 nitrogen and oxygen atoms in total. The number of likely N-dealkylation sites (tertiary alicyclic amines) is 1. The summed E-state index contributed by atoms with van der Waals surface area (Å²) in [6, 6.07) is 10.1. The van der Waals surface area contributed by atoms with Crippen molar-refractivity contribution in [3.63, 3.8) is 0 Å². The van der Waals surface area contributed by atoms with Gasteiger partial charge in [0, 0.05) is 17.0 Å². The molecule has 0 unspecified atom stereocenters. The normalized spacial score (nSPS) is 17.2. The highest BCUT2D eigenvalue weighted by atomic mass is 32.1. The molecule has 1 fully saturated rings. The third kappa shape index (κ3) is 3.88. The lowest BCUT2D eigenvalue weighted by Crippen LogP contribution is -2.43. The Balaban J connectivity index is 1.80. The van der Waals surface area contributed by atoms with Gasteiger partial charge in [-0.2, -0.15) is 0 Å². The molecule has 1 amide bonds. The first-order valence-corrected chi connectivity index (χ1v) is 9.27. The van der Waals surface area contributed by atoms with Crippen LogP contribution in [0.5, 0.6) is 0 Å². The fourth-order valence-corrected chi connectivity index (χ4v) is 4.37. The van der Waals surface area contributed by atoms with Crippen molar-refractivity contribution < 1.29 is 9.72 Å². The third-order valence-corrected chi connectivity index (χ3v) is 5.49. The van der Waals surface area contributed by atoms with Crippen LogP contribution >= 0.6 is 11.3 Å². The Kier molecular flexibility index (Phi) is 5.45. The Morgan fingerprint density at radius 3 is 2.60 bits per heavy atom. The summed E-state index contributed by atoms with van der Waals surface area (Å²) in [6.45, 7) is 3.98. The number of nitrogens with zero attached hydrogens (tertiary/aromatic N) is 2. The number of nitrogens with one attached hydrogen (secondary N) is 1. The Morgan fingerprint density at radius 1 is 1.24 bits per heavy atom. The molecule has 1 aromatic carbocycles. The molecule has 2 atom stereocenters. The van der Waals surface area contributed by atoms with Gasteiger partial charge in [-0.15, -0.1) is 11.3 Å². The summed E-state index contributed by atoms with van der Waals surface area (Å²) in [4.78, 5) is 26.9. The van der Waals surface area contributed by atoms with Gasteiger partial charge in [-0.25, -0.2) is 0 Å². The Bertz CT molecular complexity index is 742.